The number of hydrogen-bond donors (Lipinski definition) is 1. The Balaban J connectivity index is 0. The Bertz CT molecular complexity index is 32.6. The molecule has 0 amide bonds. The number of thiocarbonyl (C=S) groups is 1. The summed E-state index contributed by atoms with van der Waals surface area (Å²) < 4.78 is -0.0556. The molecular weight excluding hydrogens is 113 g/mol. The van der Waals surface area contributed by atoms with Gasteiger partial charge in [0.1, 0.15) is 0 Å². The summed E-state index contributed by atoms with van der Waals surface area (Å²) in [5.41, 5.74) is 6.18. The van der Waals surface area contributed by atoms with E-state index < -0.39 is 0 Å². The van der Waals surface area contributed by atoms with Crippen molar-refractivity contribution in [2.75, 3.05) is 0 Å². The van der Waals surface area contributed by atoms with Gasteiger partial charge in [-0.1, -0.05) is 12.2 Å². The molecule has 0 aliphatic heterocycles. The van der Waals surface area contributed by atoms with Gasteiger partial charge >= 0.3 is 29.6 Å². The van der Waals surface area contributed by atoms with Crippen molar-refractivity contribution < 1.29 is 29.6 Å². The second kappa shape index (κ2) is 5.24. The molecule has 0 saturated heterocycles. The molecule has 0 aromatic rings. The van der Waals surface area contributed by atoms with Crippen molar-refractivity contribution in [2.24, 2.45) is 0 Å². The van der Waals surface area contributed by atoms with Gasteiger partial charge in [0.15, 0.2) is 0 Å². The van der Waals surface area contributed by atoms with E-state index in [4.69, 9.17) is 5.73 Å². The Hall–Kier alpha value is 1.24. The topological polar surface area (TPSA) is 23.8 Å². The van der Waals surface area contributed by atoms with E-state index >= 15 is 0 Å². The molecule has 0 bridgehead atoms. The van der Waals surface area contributed by atoms with Gasteiger partial charge in [-0.15, -0.1) is 0 Å². The molecule has 0 spiro atoms. The van der Waals surface area contributed by atoms with Crippen LogP contribution in [0.25, 0.3) is 5.73 Å². The number of nitrogens with one attached hydrogen (secondary N) is 1. The summed E-state index contributed by atoms with van der Waals surface area (Å²) in [6.07, 6.45) is 0. The van der Waals surface area contributed by atoms with Crippen LogP contribution in [0.3, 0.4) is 0 Å². The van der Waals surface area contributed by atoms with Crippen LogP contribution < -0.4 is 29.6 Å². The fourth-order valence-corrected chi connectivity index (χ4v) is 0. The van der Waals surface area contributed by atoms with Crippen LogP contribution in [0.1, 0.15) is 0 Å². The minimum absolute atomic E-state index is 0. The van der Waals surface area contributed by atoms with Gasteiger partial charge in [0, 0.05) is 0 Å². The van der Waals surface area contributed by atoms with E-state index in [0.717, 1.165) is 0 Å². The molecule has 0 fully saturated rings. The summed E-state index contributed by atoms with van der Waals surface area (Å²) >= 11 is 7.43. The van der Waals surface area contributed by atoms with Crippen molar-refractivity contribution in [3.63, 3.8) is 0 Å². The average molecular weight is 115 g/mol. The van der Waals surface area contributed by atoms with E-state index in [1.54, 1.807) is 0 Å². The molecule has 5 heavy (non-hydrogen) atoms. The fraction of sp³-hybridized carbons (Fsp3) is 0. The van der Waals surface area contributed by atoms with Crippen LogP contribution >= 0.6 is 24.8 Å². The monoisotopic (exact) mass is 115 g/mol. The second-order valence-corrected chi connectivity index (χ2v) is 1.46. The zero-order valence-electron chi connectivity index (χ0n) is 2.86. The maximum atomic E-state index is 6.18. The van der Waals surface area contributed by atoms with Gasteiger partial charge < -0.3 is 5.73 Å². The number of thiol groups is 1. The molecule has 0 rings (SSSR count). The van der Waals surface area contributed by atoms with Crippen molar-refractivity contribution in [1.82, 2.24) is 0 Å². The van der Waals surface area contributed by atoms with E-state index in [0.29, 0.717) is 0 Å². The molecule has 0 aliphatic carbocycles. The molecule has 0 heterocycles. The normalized spacial score (nSPS) is 5.00. The molecule has 24 valence electrons. The molecule has 0 radical (unpaired) electrons. The van der Waals surface area contributed by atoms with Crippen LogP contribution in [-0.4, -0.2) is 4.32 Å². The summed E-state index contributed by atoms with van der Waals surface area (Å²) in [6, 6.07) is 0. The minimum atomic E-state index is -0.0556. The standard InChI is InChI=1S/CH3NS2.Na/c2-1(3)4;/h(H3,2,3,4);/q;+1/p-1. The Morgan fingerprint density at radius 3 is 1.80 bits per heavy atom. The molecular formula is CH2NNaS2. The summed E-state index contributed by atoms with van der Waals surface area (Å²) in [7, 11) is 0. The first kappa shape index (κ1) is 9.53. The van der Waals surface area contributed by atoms with Crippen molar-refractivity contribution in [3.05, 3.63) is 5.73 Å². The molecule has 0 aliphatic rings. The maximum absolute atomic E-state index is 6.18. The third-order valence-corrected chi connectivity index (χ3v) is 0. The molecule has 0 saturated carbocycles. The Kier molecular flexibility index (Phi) is 9.99. The number of rotatable bonds is 0. The van der Waals surface area contributed by atoms with E-state index in [1.807, 2.05) is 0 Å². The summed E-state index contributed by atoms with van der Waals surface area (Å²) in [5.74, 6) is 0. The van der Waals surface area contributed by atoms with Crippen molar-refractivity contribution in [3.8, 4) is 0 Å². The van der Waals surface area contributed by atoms with Gasteiger partial charge in [0.25, 0.3) is 0 Å². The van der Waals surface area contributed by atoms with E-state index in [-0.39, 0.29) is 33.9 Å². The molecule has 0 aromatic carbocycles. The molecule has 1 N–H and O–H groups in total. The minimum Gasteiger partial charge on any atom is -0.684 e. The van der Waals surface area contributed by atoms with Crippen molar-refractivity contribution in [1.29, 1.82) is 0 Å². The van der Waals surface area contributed by atoms with Gasteiger partial charge in [-0.25, -0.2) is 0 Å². The van der Waals surface area contributed by atoms with Crippen molar-refractivity contribution >= 4 is 29.2 Å². The third-order valence-electron chi connectivity index (χ3n) is 0. The summed E-state index contributed by atoms with van der Waals surface area (Å²) in [4.78, 5) is 0. The van der Waals surface area contributed by atoms with Gasteiger partial charge in [0.05, 0.1) is 0 Å². The van der Waals surface area contributed by atoms with Gasteiger partial charge in [-0.2, -0.15) is 12.6 Å². The molecule has 4 heteroatoms. The Labute approximate surface area is 64.0 Å². The molecule has 0 aromatic heterocycles. The molecule has 0 unspecified atom stereocenters. The first-order valence-electron chi connectivity index (χ1n) is 0.678. The fourth-order valence-electron chi connectivity index (χ4n) is 0. The van der Waals surface area contributed by atoms with Crippen LogP contribution in [0.2, 0.25) is 0 Å². The van der Waals surface area contributed by atoms with Crippen LogP contribution in [0.15, 0.2) is 0 Å². The number of hydrogen-bond acceptors (Lipinski definition) is 1. The van der Waals surface area contributed by atoms with Gasteiger partial charge in [0.2, 0.25) is 0 Å². The van der Waals surface area contributed by atoms with Gasteiger partial charge in [-0.3, -0.25) is 0 Å². The Morgan fingerprint density at radius 2 is 1.80 bits per heavy atom. The Morgan fingerprint density at radius 1 is 1.80 bits per heavy atom. The summed E-state index contributed by atoms with van der Waals surface area (Å²) in [5, 5.41) is 0. The zero-order chi connectivity index (χ0) is 3.58. The maximum Gasteiger partial charge on any atom is 1.00 e. The van der Waals surface area contributed by atoms with Gasteiger partial charge in [-0.05, 0) is 4.32 Å². The quantitative estimate of drug-likeness (QED) is 0.226. The van der Waals surface area contributed by atoms with Crippen LogP contribution in [-0.2, 0) is 0 Å². The predicted octanol–water partition coefficient (Wildman–Crippen LogP) is -1.74. The predicted molar refractivity (Wildman–Crippen MR) is 25.9 cm³/mol. The zero-order valence-corrected chi connectivity index (χ0v) is 6.57. The largest absolute Gasteiger partial charge is 1.00 e. The van der Waals surface area contributed by atoms with Crippen LogP contribution in [0, 0.1) is 0 Å². The van der Waals surface area contributed by atoms with Crippen LogP contribution in [0.5, 0.6) is 0 Å². The first-order chi connectivity index (χ1) is 1.73. The SMILES string of the molecule is [NH-]C(=S)S.[Na+]. The third kappa shape index (κ3) is 35.8. The van der Waals surface area contributed by atoms with E-state index in [2.05, 4.69) is 24.8 Å². The van der Waals surface area contributed by atoms with E-state index in [1.165, 1.54) is 0 Å². The first-order valence-corrected chi connectivity index (χ1v) is 1.53. The van der Waals surface area contributed by atoms with E-state index in [9.17, 15) is 0 Å². The smallest absolute Gasteiger partial charge is 0.684 e. The van der Waals surface area contributed by atoms with Crippen molar-refractivity contribution in [2.45, 2.75) is 0 Å². The average Bonchev–Trinajstić information content (AvgIpc) is 0.811. The molecule has 0 atom stereocenters. The molecule has 1 nitrogen and oxygen atoms in total. The summed E-state index contributed by atoms with van der Waals surface area (Å²) in [6.45, 7) is 0. The second-order valence-electron chi connectivity index (χ2n) is 0.305. The van der Waals surface area contributed by atoms with Crippen LogP contribution in [0.4, 0.5) is 0 Å².